The van der Waals surface area contributed by atoms with Gasteiger partial charge in [0, 0.05) is 50.6 Å². The van der Waals surface area contributed by atoms with E-state index in [-0.39, 0.29) is 13.4 Å². The summed E-state index contributed by atoms with van der Waals surface area (Å²) >= 11 is 0. The van der Waals surface area contributed by atoms with E-state index in [4.69, 9.17) is 9.47 Å². The summed E-state index contributed by atoms with van der Waals surface area (Å²) in [7, 11) is 0. The molecule has 0 bridgehead atoms. The van der Waals surface area contributed by atoms with Gasteiger partial charge >= 0.3 is 0 Å². The summed E-state index contributed by atoms with van der Waals surface area (Å²) < 4.78 is 16.5. The number of anilines is 6. The number of para-hydroxylation sites is 5. The highest BCUT2D eigenvalue weighted by molar-refractivity contribution is 7.00. The molecule has 338 valence electrons. The van der Waals surface area contributed by atoms with Crippen LogP contribution >= 0.6 is 0 Å². The van der Waals surface area contributed by atoms with Gasteiger partial charge in [0.15, 0.2) is 0 Å². The molecular weight excluding hydrogens is 888 g/mol. The molecule has 0 unspecified atom stereocenters. The molecule has 16 rings (SSSR count). The molecule has 0 spiro atoms. The van der Waals surface area contributed by atoms with Crippen LogP contribution in [0.25, 0.3) is 49.7 Å². The number of rotatable bonds is 5. The second kappa shape index (κ2) is 15.5. The lowest BCUT2D eigenvalue weighted by Gasteiger charge is -2.40. The molecule has 0 saturated heterocycles. The summed E-state index contributed by atoms with van der Waals surface area (Å²) in [6.45, 7) is -0.174. The first-order valence-corrected chi connectivity index (χ1v) is 25.1. The molecule has 5 heterocycles. The predicted octanol–water partition coefficient (Wildman–Crippen LogP) is 12.9. The van der Waals surface area contributed by atoms with Gasteiger partial charge in [-0.25, -0.2) is 0 Å². The molecule has 12 aromatic rings. The lowest BCUT2D eigenvalue weighted by atomic mass is 9.34. The fourth-order valence-electron chi connectivity index (χ4n) is 12.5. The number of fused-ring (bicyclic) bond motifs is 11. The molecule has 5 nitrogen and oxygen atoms in total. The van der Waals surface area contributed by atoms with Crippen molar-refractivity contribution in [2.45, 2.75) is 0 Å². The fraction of sp³-hybridized carbons (Fsp3) is 0. The Balaban J connectivity index is 1.03. The Morgan fingerprint density at radius 1 is 0.274 bits per heavy atom. The number of hydrogen-bond donors (Lipinski definition) is 0. The molecule has 0 atom stereocenters. The molecule has 0 saturated carbocycles. The summed E-state index contributed by atoms with van der Waals surface area (Å²) in [6, 6.07) is 90.4. The first-order valence-electron chi connectivity index (χ1n) is 25.1. The van der Waals surface area contributed by atoms with Crippen LogP contribution in [0.15, 0.2) is 249 Å². The van der Waals surface area contributed by atoms with Crippen LogP contribution < -0.4 is 52.1 Å². The van der Waals surface area contributed by atoms with E-state index in [0.29, 0.717) is 0 Å². The standard InChI is InChI=1S/C66H41B2N3O2/c1-6-20-42(21-7-1)44-34-59-65-63(36-44)72-61-32-18-16-30-51(61)67(65)53-38-49-50-39-54-58(41-56(50)69(46-24-10-3-11-25-46)55(49)40-57(53)70(59)47-26-12-4-13-27-47)71(48-28-14-5-15-29-48)60-35-45(43-22-8-2-9-23-43)37-64-66(60)68(54)52-31-17-19-33-62(52)73-64/h1-41H. The van der Waals surface area contributed by atoms with Crippen molar-refractivity contribution >= 4 is 102 Å². The average molecular weight is 930 g/mol. The van der Waals surface area contributed by atoms with Gasteiger partial charge < -0.3 is 23.8 Å². The first kappa shape index (κ1) is 40.3. The highest BCUT2D eigenvalue weighted by Crippen LogP contribution is 2.48. The van der Waals surface area contributed by atoms with Crippen molar-refractivity contribution in [2.75, 3.05) is 9.80 Å². The van der Waals surface area contributed by atoms with Crippen LogP contribution in [0.2, 0.25) is 0 Å². The lowest BCUT2D eigenvalue weighted by Crippen LogP contribution is -2.59. The maximum Gasteiger partial charge on any atom is 0.256 e. The first-order chi connectivity index (χ1) is 36.2. The number of hydrogen-bond acceptors (Lipinski definition) is 4. The van der Waals surface area contributed by atoms with Crippen molar-refractivity contribution in [1.29, 1.82) is 0 Å². The number of ether oxygens (including phenoxy) is 2. The highest BCUT2D eigenvalue weighted by atomic mass is 16.5. The molecule has 0 radical (unpaired) electrons. The molecule has 0 fully saturated rings. The number of nitrogens with zero attached hydrogens (tertiary/aromatic N) is 3. The molecule has 0 aliphatic carbocycles. The summed E-state index contributed by atoms with van der Waals surface area (Å²) in [5.74, 6) is 3.55. The van der Waals surface area contributed by atoms with Crippen molar-refractivity contribution in [3.63, 3.8) is 0 Å². The fourth-order valence-corrected chi connectivity index (χ4v) is 12.5. The van der Waals surface area contributed by atoms with E-state index in [2.05, 4.69) is 263 Å². The molecule has 0 amide bonds. The van der Waals surface area contributed by atoms with E-state index in [1.807, 2.05) is 0 Å². The van der Waals surface area contributed by atoms with Crippen LogP contribution in [-0.4, -0.2) is 18.0 Å². The van der Waals surface area contributed by atoms with Crippen LogP contribution in [-0.2, 0) is 0 Å². The van der Waals surface area contributed by atoms with Crippen LogP contribution in [0, 0.1) is 0 Å². The van der Waals surface area contributed by atoms with Gasteiger partial charge in [0.25, 0.3) is 13.4 Å². The van der Waals surface area contributed by atoms with Gasteiger partial charge in [-0.15, -0.1) is 0 Å². The predicted molar refractivity (Wildman–Crippen MR) is 303 cm³/mol. The van der Waals surface area contributed by atoms with E-state index < -0.39 is 0 Å². The zero-order valence-corrected chi connectivity index (χ0v) is 39.5. The third-order valence-electron chi connectivity index (χ3n) is 15.6. The SMILES string of the molecule is c1ccc(-c2cc3c4c(c2)N(c2ccccc2)c2cc5c(cc2B4c2ccccc2O3)c2cc3c(cc2n5-c2ccccc2)N(c2ccccc2)c2cc(-c4ccccc4)cc4c2B3c2ccccc2O4)cc1. The average Bonchev–Trinajstić information content (AvgIpc) is 3.80. The quantitative estimate of drug-likeness (QED) is 0.161. The second-order valence-corrected chi connectivity index (χ2v) is 19.6. The third-order valence-corrected chi connectivity index (χ3v) is 15.6. The van der Waals surface area contributed by atoms with Gasteiger partial charge in [-0.05, 0) is 140 Å². The van der Waals surface area contributed by atoms with Gasteiger partial charge in [-0.2, -0.15) is 0 Å². The van der Waals surface area contributed by atoms with Crippen LogP contribution in [0.4, 0.5) is 34.1 Å². The third kappa shape index (κ3) is 5.94. The number of aromatic nitrogens is 1. The normalized spacial score (nSPS) is 13.3. The Bertz CT molecular complexity index is 3970. The Labute approximate surface area is 423 Å². The maximum absolute atomic E-state index is 7.00. The van der Waals surface area contributed by atoms with Crippen molar-refractivity contribution in [1.82, 2.24) is 4.57 Å². The second-order valence-electron chi connectivity index (χ2n) is 19.6. The zero-order valence-electron chi connectivity index (χ0n) is 39.5. The van der Waals surface area contributed by atoms with Gasteiger partial charge in [0.2, 0.25) is 0 Å². The highest BCUT2D eigenvalue weighted by Gasteiger charge is 2.45. The maximum atomic E-state index is 7.00. The topological polar surface area (TPSA) is 29.9 Å². The van der Waals surface area contributed by atoms with E-state index >= 15 is 0 Å². The Morgan fingerprint density at radius 3 is 1.07 bits per heavy atom. The van der Waals surface area contributed by atoms with Crippen molar-refractivity contribution in [3.8, 4) is 50.9 Å². The largest absolute Gasteiger partial charge is 0.458 e. The lowest BCUT2D eigenvalue weighted by molar-refractivity contribution is 0.487. The summed E-state index contributed by atoms with van der Waals surface area (Å²) in [5.41, 5.74) is 21.7. The van der Waals surface area contributed by atoms with E-state index in [9.17, 15) is 0 Å². The Hall–Kier alpha value is -9.45. The van der Waals surface area contributed by atoms with Crippen molar-refractivity contribution in [3.05, 3.63) is 249 Å². The minimum atomic E-state index is -0.0870. The zero-order chi connectivity index (χ0) is 47.7. The van der Waals surface area contributed by atoms with Crippen molar-refractivity contribution < 1.29 is 9.47 Å². The molecule has 1 aromatic heterocycles. The molecule has 11 aromatic carbocycles. The van der Waals surface area contributed by atoms with Crippen LogP contribution in [0.5, 0.6) is 23.0 Å². The molecular formula is C66H41B2N3O2. The molecule has 4 aliphatic heterocycles. The minimum Gasteiger partial charge on any atom is -0.458 e. The Morgan fingerprint density at radius 2 is 0.644 bits per heavy atom. The van der Waals surface area contributed by atoms with Gasteiger partial charge in [0.1, 0.15) is 23.0 Å². The number of benzene rings is 11. The van der Waals surface area contributed by atoms with Crippen LogP contribution in [0.3, 0.4) is 0 Å². The molecule has 4 aliphatic rings. The van der Waals surface area contributed by atoms with E-state index in [1.54, 1.807) is 0 Å². The molecule has 73 heavy (non-hydrogen) atoms. The molecule has 7 heteroatoms. The minimum absolute atomic E-state index is 0.0870. The summed E-state index contributed by atoms with van der Waals surface area (Å²) in [6.07, 6.45) is 0. The van der Waals surface area contributed by atoms with Gasteiger partial charge in [-0.3, -0.25) is 0 Å². The smallest absolute Gasteiger partial charge is 0.256 e. The summed E-state index contributed by atoms with van der Waals surface area (Å²) in [5, 5.41) is 2.39. The van der Waals surface area contributed by atoms with E-state index in [0.717, 1.165) is 107 Å². The van der Waals surface area contributed by atoms with Gasteiger partial charge in [0.05, 0.1) is 11.0 Å². The monoisotopic (exact) mass is 929 g/mol. The summed E-state index contributed by atoms with van der Waals surface area (Å²) in [4.78, 5) is 4.95. The Kier molecular flexibility index (Phi) is 8.57. The van der Waals surface area contributed by atoms with Crippen LogP contribution in [0.1, 0.15) is 0 Å². The van der Waals surface area contributed by atoms with Gasteiger partial charge in [-0.1, -0.05) is 164 Å². The molecule has 0 N–H and O–H groups in total. The van der Waals surface area contributed by atoms with Crippen molar-refractivity contribution in [2.24, 2.45) is 0 Å². The van der Waals surface area contributed by atoms with E-state index in [1.165, 1.54) is 32.6 Å².